The van der Waals surface area contributed by atoms with E-state index in [0.29, 0.717) is 5.56 Å². The third-order valence-electron chi connectivity index (χ3n) is 2.85. The van der Waals surface area contributed by atoms with E-state index >= 15 is 0 Å². The first-order valence-electron chi connectivity index (χ1n) is 5.60. The lowest BCUT2D eigenvalue weighted by Crippen LogP contribution is -2.36. The van der Waals surface area contributed by atoms with Crippen LogP contribution in [-0.2, 0) is 19.9 Å². The van der Waals surface area contributed by atoms with Crippen LogP contribution in [-0.4, -0.2) is 28.6 Å². The highest BCUT2D eigenvalue weighted by Gasteiger charge is 2.28. The van der Waals surface area contributed by atoms with Gasteiger partial charge in [0, 0.05) is 11.1 Å². The normalized spacial score (nSPS) is 21.2. The molecule has 0 saturated heterocycles. The molecule has 0 radical (unpaired) electrons. The number of hydrogen-bond donors (Lipinski definition) is 2. The Morgan fingerprint density at radius 2 is 2.05 bits per heavy atom. The van der Waals surface area contributed by atoms with Gasteiger partial charge in [-0.15, -0.1) is 0 Å². The molecular weight excluding hydrogens is 307 g/mol. The van der Waals surface area contributed by atoms with Crippen LogP contribution in [0.2, 0.25) is 0 Å². The topological polar surface area (TPSA) is 106 Å². The third kappa shape index (κ3) is 3.00. The van der Waals surface area contributed by atoms with E-state index < -0.39 is 36.6 Å². The van der Waals surface area contributed by atoms with Crippen molar-refractivity contribution >= 4 is 25.5 Å². The van der Waals surface area contributed by atoms with Gasteiger partial charge in [-0.2, -0.15) is 0 Å². The van der Waals surface area contributed by atoms with Gasteiger partial charge in [-0.1, -0.05) is 6.08 Å². The minimum absolute atomic E-state index is 0.140. The van der Waals surface area contributed by atoms with E-state index in [1.54, 1.807) is 6.92 Å². The fourth-order valence-corrected chi connectivity index (χ4v) is 4.41. The summed E-state index contributed by atoms with van der Waals surface area (Å²) < 4.78 is 62.4. The van der Waals surface area contributed by atoms with Crippen molar-refractivity contribution in [2.24, 2.45) is 0 Å². The molecular formula is C11H13FN2O4S2. The molecule has 3 N–H and O–H groups in total. The van der Waals surface area contributed by atoms with Crippen LogP contribution in [0, 0.1) is 12.7 Å². The van der Waals surface area contributed by atoms with Crippen LogP contribution in [0.15, 0.2) is 28.5 Å². The lowest BCUT2D eigenvalue weighted by Gasteiger charge is -2.12. The van der Waals surface area contributed by atoms with E-state index in [2.05, 4.69) is 4.72 Å². The molecule has 2 rings (SSSR count). The molecule has 0 aliphatic carbocycles. The van der Waals surface area contributed by atoms with Gasteiger partial charge in [0.25, 0.3) is 0 Å². The number of anilines is 1. The molecule has 110 valence electrons. The van der Waals surface area contributed by atoms with E-state index in [1.165, 1.54) is 6.08 Å². The molecule has 9 heteroatoms. The minimum Gasteiger partial charge on any atom is -0.398 e. The van der Waals surface area contributed by atoms with Crippen LogP contribution in [0.4, 0.5) is 10.1 Å². The number of aryl methyl sites for hydroxylation is 1. The molecule has 0 amide bonds. The second-order valence-corrected chi connectivity index (χ2v) is 8.14. The Hall–Kier alpha value is -1.45. The number of hydrogen-bond acceptors (Lipinski definition) is 5. The molecule has 1 aromatic rings. The Morgan fingerprint density at radius 1 is 1.40 bits per heavy atom. The summed E-state index contributed by atoms with van der Waals surface area (Å²) in [5.41, 5.74) is 6.13. The van der Waals surface area contributed by atoms with Gasteiger partial charge in [0.1, 0.15) is 10.7 Å². The van der Waals surface area contributed by atoms with E-state index in [4.69, 9.17) is 5.73 Å². The molecule has 0 spiro atoms. The van der Waals surface area contributed by atoms with Gasteiger partial charge >= 0.3 is 0 Å². The maximum Gasteiger partial charge on any atom is 0.244 e. The van der Waals surface area contributed by atoms with Gasteiger partial charge in [0.05, 0.1) is 11.8 Å². The van der Waals surface area contributed by atoms with Gasteiger partial charge < -0.3 is 5.73 Å². The van der Waals surface area contributed by atoms with Crippen molar-refractivity contribution in [2.75, 3.05) is 11.5 Å². The zero-order chi connectivity index (χ0) is 15.1. The molecule has 1 heterocycles. The molecule has 1 atom stereocenters. The highest BCUT2D eigenvalue weighted by molar-refractivity contribution is 7.94. The highest BCUT2D eigenvalue weighted by Crippen LogP contribution is 2.22. The molecule has 1 aliphatic rings. The van der Waals surface area contributed by atoms with Gasteiger partial charge in [0.2, 0.25) is 10.0 Å². The van der Waals surface area contributed by atoms with Crippen LogP contribution in [0.1, 0.15) is 5.56 Å². The summed E-state index contributed by atoms with van der Waals surface area (Å²) in [4.78, 5) is -0.599. The SMILES string of the molecule is Cc1cc(F)c(S(=O)(=O)NC2C=CS(=O)(=O)C2)cc1N. The van der Waals surface area contributed by atoms with Crippen molar-refractivity contribution in [2.45, 2.75) is 17.9 Å². The predicted molar refractivity (Wildman–Crippen MR) is 72.6 cm³/mol. The largest absolute Gasteiger partial charge is 0.398 e. The summed E-state index contributed by atoms with van der Waals surface area (Å²) in [5, 5.41) is 0.931. The van der Waals surface area contributed by atoms with Crippen LogP contribution >= 0.6 is 0 Å². The van der Waals surface area contributed by atoms with Crippen LogP contribution in [0.3, 0.4) is 0 Å². The van der Waals surface area contributed by atoms with Gasteiger partial charge in [-0.25, -0.2) is 25.9 Å². The molecule has 1 aliphatic heterocycles. The minimum atomic E-state index is -4.18. The molecule has 0 saturated carbocycles. The highest BCUT2D eigenvalue weighted by atomic mass is 32.2. The Kier molecular flexibility index (Phi) is 3.61. The van der Waals surface area contributed by atoms with Crippen molar-refractivity contribution in [3.63, 3.8) is 0 Å². The van der Waals surface area contributed by atoms with E-state index in [9.17, 15) is 21.2 Å². The lowest BCUT2D eigenvalue weighted by atomic mass is 10.2. The molecule has 0 fully saturated rings. The standard InChI is InChI=1S/C11H13FN2O4S2/c1-7-4-9(12)11(5-10(7)13)20(17,18)14-8-2-3-19(15,16)6-8/h2-5,8,14H,6,13H2,1H3. The zero-order valence-corrected chi connectivity index (χ0v) is 12.1. The summed E-state index contributed by atoms with van der Waals surface area (Å²) in [6, 6.07) is 1.12. The van der Waals surface area contributed by atoms with Gasteiger partial charge in [0.15, 0.2) is 9.84 Å². The summed E-state index contributed by atoms with van der Waals surface area (Å²) in [7, 11) is -7.59. The first kappa shape index (κ1) is 14.9. The lowest BCUT2D eigenvalue weighted by molar-refractivity contribution is 0.553. The van der Waals surface area contributed by atoms with E-state index in [1.807, 2.05) is 0 Å². The van der Waals surface area contributed by atoms with Gasteiger partial charge in [-0.3, -0.25) is 0 Å². The van der Waals surface area contributed by atoms with E-state index in [0.717, 1.165) is 17.5 Å². The maximum atomic E-state index is 13.7. The van der Waals surface area contributed by atoms with Crippen LogP contribution in [0.5, 0.6) is 0 Å². The number of nitrogen functional groups attached to an aromatic ring is 1. The molecule has 0 bridgehead atoms. The Labute approximate surface area is 116 Å². The number of benzene rings is 1. The first-order valence-corrected chi connectivity index (χ1v) is 8.79. The van der Waals surface area contributed by atoms with Crippen molar-refractivity contribution in [1.82, 2.24) is 4.72 Å². The zero-order valence-electron chi connectivity index (χ0n) is 10.5. The van der Waals surface area contributed by atoms with Gasteiger partial charge in [-0.05, 0) is 24.6 Å². The third-order valence-corrected chi connectivity index (χ3v) is 5.75. The monoisotopic (exact) mass is 320 g/mol. The van der Waals surface area contributed by atoms with Crippen molar-refractivity contribution in [1.29, 1.82) is 0 Å². The maximum absolute atomic E-state index is 13.7. The average molecular weight is 320 g/mol. The van der Waals surface area contributed by atoms with Crippen molar-refractivity contribution in [3.05, 3.63) is 35.0 Å². The quantitative estimate of drug-likeness (QED) is 0.779. The van der Waals surface area contributed by atoms with Crippen molar-refractivity contribution in [3.8, 4) is 0 Å². The number of halogens is 1. The summed E-state index contributed by atoms with van der Waals surface area (Å²) in [6.45, 7) is 1.55. The fraction of sp³-hybridized carbons (Fsp3) is 0.273. The number of rotatable bonds is 3. The Bertz CT molecular complexity index is 785. The number of nitrogens with one attached hydrogen (secondary N) is 1. The predicted octanol–water partition coefficient (Wildman–Crippen LogP) is 0.305. The number of sulfonamides is 1. The Morgan fingerprint density at radius 3 is 2.60 bits per heavy atom. The smallest absolute Gasteiger partial charge is 0.244 e. The number of nitrogens with two attached hydrogens (primary N) is 1. The molecule has 6 nitrogen and oxygen atoms in total. The first-order chi connectivity index (χ1) is 9.11. The average Bonchev–Trinajstić information content (AvgIpc) is 2.62. The Balaban J connectivity index is 2.33. The summed E-state index contributed by atoms with van der Waals surface area (Å²) in [5.74, 6) is -1.32. The van der Waals surface area contributed by atoms with Crippen LogP contribution < -0.4 is 10.5 Å². The molecule has 20 heavy (non-hydrogen) atoms. The van der Waals surface area contributed by atoms with E-state index in [-0.39, 0.29) is 11.4 Å². The molecule has 1 unspecified atom stereocenters. The second-order valence-electron chi connectivity index (χ2n) is 4.53. The fourth-order valence-electron chi connectivity index (χ4n) is 1.79. The summed E-state index contributed by atoms with van der Waals surface area (Å²) in [6.07, 6.45) is 1.21. The molecule has 1 aromatic carbocycles. The van der Waals surface area contributed by atoms with Crippen LogP contribution in [0.25, 0.3) is 0 Å². The summed E-state index contributed by atoms with van der Waals surface area (Å²) >= 11 is 0. The second kappa shape index (κ2) is 4.83. The number of sulfone groups is 1. The van der Waals surface area contributed by atoms with Crippen molar-refractivity contribution < 1.29 is 21.2 Å². The molecule has 0 aromatic heterocycles.